The van der Waals surface area contributed by atoms with Gasteiger partial charge in [-0.3, -0.25) is 4.90 Å². The molecule has 20 heavy (non-hydrogen) atoms. The minimum absolute atomic E-state index is 0.0901. The first-order chi connectivity index (χ1) is 9.52. The van der Waals surface area contributed by atoms with Crippen LogP contribution >= 0.6 is 0 Å². The van der Waals surface area contributed by atoms with Crippen LogP contribution in [-0.4, -0.2) is 66.1 Å². The Morgan fingerprint density at radius 2 is 2.25 bits per heavy atom. The number of piperazine rings is 1. The van der Waals surface area contributed by atoms with E-state index >= 15 is 0 Å². The third-order valence-electron chi connectivity index (χ3n) is 3.48. The molecule has 1 atom stereocenters. The minimum Gasteiger partial charge on any atom is -0.462 e. The van der Waals surface area contributed by atoms with Gasteiger partial charge in [-0.05, 0) is 21.0 Å². The molecular weight excluding hydrogens is 258 g/mol. The van der Waals surface area contributed by atoms with Crippen LogP contribution in [0.4, 0.5) is 5.82 Å². The van der Waals surface area contributed by atoms with Gasteiger partial charge in [-0.1, -0.05) is 0 Å². The van der Waals surface area contributed by atoms with Crippen LogP contribution in [0.15, 0.2) is 6.20 Å². The summed E-state index contributed by atoms with van der Waals surface area (Å²) in [5.41, 5.74) is 6.08. The molecule has 1 unspecified atom stereocenters. The molecule has 2 rings (SSSR count). The summed E-state index contributed by atoms with van der Waals surface area (Å²) < 4.78 is 4.91. The Kier molecular flexibility index (Phi) is 4.51. The number of carbonyl (C=O) groups is 1. The Bertz CT molecular complexity index is 494. The number of carbonyl (C=O) groups excluding carboxylic acids is 1. The summed E-state index contributed by atoms with van der Waals surface area (Å²) >= 11 is 0. The van der Waals surface area contributed by atoms with E-state index in [1.54, 1.807) is 6.92 Å². The lowest BCUT2D eigenvalue weighted by Crippen LogP contribution is -2.45. The van der Waals surface area contributed by atoms with E-state index in [0.717, 1.165) is 19.6 Å². The van der Waals surface area contributed by atoms with Crippen molar-refractivity contribution >= 4 is 11.8 Å². The molecule has 1 aliphatic heterocycles. The number of esters is 1. The fourth-order valence-electron chi connectivity index (χ4n) is 2.22. The summed E-state index contributed by atoms with van der Waals surface area (Å²) in [5.74, 6) is 0.338. The number of hydrogen-bond acceptors (Lipinski definition) is 7. The predicted molar refractivity (Wildman–Crippen MR) is 75.3 cm³/mol. The average molecular weight is 279 g/mol. The molecule has 1 saturated heterocycles. The van der Waals surface area contributed by atoms with E-state index in [-0.39, 0.29) is 17.4 Å². The largest absolute Gasteiger partial charge is 0.462 e. The summed E-state index contributed by atoms with van der Waals surface area (Å²) in [7, 11) is 4.10. The lowest BCUT2D eigenvalue weighted by Gasteiger charge is -2.36. The molecule has 1 aromatic heterocycles. The van der Waals surface area contributed by atoms with Crippen molar-refractivity contribution in [1.29, 1.82) is 0 Å². The molecule has 1 aliphatic rings. The number of ether oxygens (including phenoxy) is 1. The van der Waals surface area contributed by atoms with Crippen molar-refractivity contribution in [2.75, 3.05) is 46.1 Å². The third kappa shape index (κ3) is 3.05. The second kappa shape index (κ2) is 6.15. The molecule has 7 heteroatoms. The topological polar surface area (TPSA) is 84.6 Å². The van der Waals surface area contributed by atoms with Crippen molar-refractivity contribution in [3.63, 3.8) is 0 Å². The van der Waals surface area contributed by atoms with Crippen molar-refractivity contribution in [1.82, 2.24) is 19.8 Å². The van der Waals surface area contributed by atoms with Crippen LogP contribution in [0.3, 0.4) is 0 Å². The van der Waals surface area contributed by atoms with E-state index in [0.29, 0.717) is 12.4 Å². The predicted octanol–water partition coefficient (Wildman–Crippen LogP) is 0.154. The van der Waals surface area contributed by atoms with E-state index < -0.39 is 5.97 Å². The van der Waals surface area contributed by atoms with Gasteiger partial charge in [0.25, 0.3) is 0 Å². The zero-order valence-electron chi connectivity index (χ0n) is 12.2. The zero-order valence-corrected chi connectivity index (χ0v) is 12.2. The molecule has 2 N–H and O–H groups in total. The summed E-state index contributed by atoms with van der Waals surface area (Å²) in [5, 5.41) is 0. The molecule has 0 saturated carbocycles. The van der Waals surface area contributed by atoms with Gasteiger partial charge in [0.1, 0.15) is 17.2 Å². The van der Waals surface area contributed by atoms with Crippen LogP contribution in [0, 0.1) is 0 Å². The maximum atomic E-state index is 11.7. The summed E-state index contributed by atoms with van der Waals surface area (Å²) in [6.45, 7) is 4.86. The van der Waals surface area contributed by atoms with Crippen LogP contribution in [0.25, 0.3) is 0 Å². The van der Waals surface area contributed by atoms with Gasteiger partial charge in [0.15, 0.2) is 0 Å². The van der Waals surface area contributed by atoms with Crippen molar-refractivity contribution in [2.45, 2.75) is 13.0 Å². The fraction of sp³-hybridized carbons (Fsp3) is 0.615. The van der Waals surface area contributed by atoms with Gasteiger partial charge in [0.2, 0.25) is 0 Å². The van der Waals surface area contributed by atoms with E-state index in [4.69, 9.17) is 10.5 Å². The molecule has 110 valence electrons. The quantitative estimate of drug-likeness (QED) is 0.788. The normalized spacial score (nSPS) is 20.9. The number of nitrogens with two attached hydrogens (primary N) is 1. The van der Waals surface area contributed by atoms with Crippen molar-refractivity contribution in [2.24, 2.45) is 0 Å². The van der Waals surface area contributed by atoms with Crippen LogP contribution in [0.5, 0.6) is 0 Å². The minimum atomic E-state index is -0.481. The van der Waals surface area contributed by atoms with E-state index in [1.807, 2.05) is 7.05 Å². The lowest BCUT2D eigenvalue weighted by atomic mass is 10.1. The summed E-state index contributed by atoms with van der Waals surface area (Å²) in [6, 6.07) is 0.0901. The maximum Gasteiger partial charge on any atom is 0.343 e. The molecule has 0 radical (unpaired) electrons. The Morgan fingerprint density at radius 1 is 1.50 bits per heavy atom. The zero-order chi connectivity index (χ0) is 14.7. The van der Waals surface area contributed by atoms with Gasteiger partial charge in [-0.15, -0.1) is 0 Å². The number of rotatable bonds is 3. The molecule has 0 spiro atoms. The van der Waals surface area contributed by atoms with Crippen molar-refractivity contribution < 1.29 is 9.53 Å². The Hall–Kier alpha value is -1.73. The van der Waals surface area contributed by atoms with E-state index in [1.165, 1.54) is 6.20 Å². The average Bonchev–Trinajstić information content (AvgIpc) is 2.41. The molecule has 1 fully saturated rings. The molecule has 0 amide bonds. The van der Waals surface area contributed by atoms with Crippen molar-refractivity contribution in [3.05, 3.63) is 17.6 Å². The van der Waals surface area contributed by atoms with Gasteiger partial charge in [-0.2, -0.15) is 0 Å². The monoisotopic (exact) mass is 279 g/mol. The number of nitrogen functional groups attached to an aromatic ring is 1. The van der Waals surface area contributed by atoms with Gasteiger partial charge < -0.3 is 15.4 Å². The molecule has 0 aliphatic carbocycles. The standard InChI is InChI=1S/C13H21N5O2/c1-4-20-13(19)9-7-15-12(16-11(9)14)10-8-17(2)5-6-18(10)3/h7,10H,4-6,8H2,1-3H3,(H2,14,15,16). The van der Waals surface area contributed by atoms with Gasteiger partial charge in [0, 0.05) is 25.8 Å². The Labute approximate surface area is 118 Å². The third-order valence-corrected chi connectivity index (χ3v) is 3.48. The van der Waals surface area contributed by atoms with Gasteiger partial charge in [-0.25, -0.2) is 14.8 Å². The second-order valence-electron chi connectivity index (χ2n) is 5.01. The first-order valence-electron chi connectivity index (χ1n) is 6.71. The molecule has 7 nitrogen and oxygen atoms in total. The number of hydrogen-bond donors (Lipinski definition) is 1. The summed E-state index contributed by atoms with van der Waals surface area (Å²) in [6.07, 6.45) is 1.46. The first-order valence-corrected chi connectivity index (χ1v) is 6.71. The van der Waals surface area contributed by atoms with Crippen LogP contribution in [0.1, 0.15) is 29.1 Å². The Morgan fingerprint density at radius 3 is 2.90 bits per heavy atom. The molecular formula is C13H21N5O2. The number of likely N-dealkylation sites (N-methyl/N-ethyl adjacent to an activating group) is 2. The summed E-state index contributed by atoms with van der Waals surface area (Å²) in [4.78, 5) is 24.7. The highest BCUT2D eigenvalue weighted by Gasteiger charge is 2.27. The fourth-order valence-corrected chi connectivity index (χ4v) is 2.22. The van der Waals surface area contributed by atoms with Crippen molar-refractivity contribution in [3.8, 4) is 0 Å². The highest BCUT2D eigenvalue weighted by Crippen LogP contribution is 2.22. The Balaban J connectivity index is 2.22. The number of aromatic nitrogens is 2. The van der Waals surface area contributed by atoms with Crippen LogP contribution in [-0.2, 0) is 4.74 Å². The first kappa shape index (κ1) is 14.7. The molecule has 0 bridgehead atoms. The second-order valence-corrected chi connectivity index (χ2v) is 5.01. The molecule has 1 aromatic rings. The van der Waals surface area contributed by atoms with E-state index in [2.05, 4.69) is 26.8 Å². The van der Waals surface area contributed by atoms with Crippen LogP contribution in [0.2, 0.25) is 0 Å². The maximum absolute atomic E-state index is 11.7. The van der Waals surface area contributed by atoms with Gasteiger partial charge in [0.05, 0.1) is 12.6 Å². The number of nitrogens with zero attached hydrogens (tertiary/aromatic N) is 4. The van der Waals surface area contributed by atoms with E-state index in [9.17, 15) is 4.79 Å². The molecule has 2 heterocycles. The highest BCUT2D eigenvalue weighted by molar-refractivity contribution is 5.93. The number of anilines is 1. The highest BCUT2D eigenvalue weighted by atomic mass is 16.5. The molecule has 0 aromatic carbocycles. The lowest BCUT2D eigenvalue weighted by molar-refractivity contribution is 0.0526. The smallest absolute Gasteiger partial charge is 0.343 e. The van der Waals surface area contributed by atoms with Crippen LogP contribution < -0.4 is 5.73 Å². The SMILES string of the molecule is CCOC(=O)c1cnc(C2CN(C)CCN2C)nc1N. The van der Waals surface area contributed by atoms with Gasteiger partial charge >= 0.3 is 5.97 Å².